The number of halogens is 1. The summed E-state index contributed by atoms with van der Waals surface area (Å²) in [4.78, 5) is 22.2. The molecule has 1 rings (SSSR count). The van der Waals surface area contributed by atoms with E-state index in [1.54, 1.807) is 25.1 Å². The number of benzene rings is 1. The van der Waals surface area contributed by atoms with Crippen molar-refractivity contribution in [1.29, 1.82) is 0 Å². The van der Waals surface area contributed by atoms with Gasteiger partial charge in [-0.05, 0) is 41.1 Å². The number of nitrogens with two attached hydrogens (primary N) is 1. The second-order valence-corrected chi connectivity index (χ2v) is 4.56. The van der Waals surface area contributed by atoms with Crippen LogP contribution in [0.5, 0.6) is 0 Å². The molecule has 4 N–H and O–H groups in total. The Bertz CT molecular complexity index is 448. The molecule has 1 unspecified atom stereocenters. The van der Waals surface area contributed by atoms with Crippen LogP contribution in [0.3, 0.4) is 0 Å². The van der Waals surface area contributed by atoms with Gasteiger partial charge in [-0.25, -0.2) is 0 Å². The molecule has 0 aliphatic heterocycles. The fourth-order valence-corrected chi connectivity index (χ4v) is 1.67. The van der Waals surface area contributed by atoms with E-state index in [2.05, 4.69) is 21.2 Å². The molecule has 0 radical (unpaired) electrons. The highest BCUT2D eigenvalue weighted by Crippen LogP contribution is 2.20. The number of rotatable bonds is 4. The van der Waals surface area contributed by atoms with E-state index in [9.17, 15) is 9.59 Å². The Morgan fingerprint density at radius 1 is 1.53 bits per heavy atom. The molecule has 0 bridgehead atoms. The molecular weight excluding hydrogens is 288 g/mol. The van der Waals surface area contributed by atoms with Crippen molar-refractivity contribution in [1.82, 2.24) is 5.32 Å². The van der Waals surface area contributed by atoms with E-state index in [1.165, 1.54) is 0 Å². The number of carboxylic acids is 1. The molecule has 0 saturated carbocycles. The van der Waals surface area contributed by atoms with Crippen LogP contribution in [-0.2, 0) is 4.79 Å². The molecule has 1 aromatic rings. The minimum atomic E-state index is -0.948. The van der Waals surface area contributed by atoms with Crippen molar-refractivity contribution in [2.24, 2.45) is 0 Å². The summed E-state index contributed by atoms with van der Waals surface area (Å²) in [6.07, 6.45) is -0.109. The first-order valence-electron chi connectivity index (χ1n) is 4.98. The highest BCUT2D eigenvalue weighted by atomic mass is 79.9. The minimum absolute atomic E-state index is 0.109. The minimum Gasteiger partial charge on any atom is -0.481 e. The predicted octanol–water partition coefficient (Wildman–Crippen LogP) is 1.62. The Kier molecular flexibility index (Phi) is 4.51. The second kappa shape index (κ2) is 5.67. The van der Waals surface area contributed by atoms with Crippen LogP contribution >= 0.6 is 15.9 Å². The van der Waals surface area contributed by atoms with Crippen molar-refractivity contribution in [3.05, 3.63) is 28.2 Å². The van der Waals surface area contributed by atoms with Crippen LogP contribution in [0.4, 0.5) is 5.69 Å². The van der Waals surface area contributed by atoms with Crippen LogP contribution in [0, 0.1) is 0 Å². The van der Waals surface area contributed by atoms with E-state index in [4.69, 9.17) is 10.8 Å². The highest BCUT2D eigenvalue weighted by molar-refractivity contribution is 9.10. The molecule has 5 nitrogen and oxygen atoms in total. The molecule has 0 aliphatic carbocycles. The Labute approximate surface area is 107 Å². The number of hydrogen-bond acceptors (Lipinski definition) is 3. The smallest absolute Gasteiger partial charge is 0.305 e. The summed E-state index contributed by atoms with van der Waals surface area (Å²) < 4.78 is 0.635. The van der Waals surface area contributed by atoms with Gasteiger partial charge in [-0.2, -0.15) is 0 Å². The maximum Gasteiger partial charge on any atom is 0.305 e. The number of anilines is 1. The number of hydrogen-bond donors (Lipinski definition) is 3. The summed E-state index contributed by atoms with van der Waals surface area (Å²) in [5, 5.41) is 11.2. The van der Waals surface area contributed by atoms with Gasteiger partial charge in [0.25, 0.3) is 5.91 Å². The van der Waals surface area contributed by atoms with Crippen molar-refractivity contribution in [2.45, 2.75) is 19.4 Å². The summed E-state index contributed by atoms with van der Waals surface area (Å²) in [5.41, 5.74) is 6.58. The van der Waals surface area contributed by atoms with E-state index in [-0.39, 0.29) is 12.3 Å². The highest BCUT2D eigenvalue weighted by Gasteiger charge is 2.13. The third-order valence-electron chi connectivity index (χ3n) is 2.12. The van der Waals surface area contributed by atoms with Gasteiger partial charge in [-0.15, -0.1) is 0 Å². The van der Waals surface area contributed by atoms with Gasteiger partial charge < -0.3 is 16.2 Å². The largest absolute Gasteiger partial charge is 0.481 e. The second-order valence-electron chi connectivity index (χ2n) is 3.71. The monoisotopic (exact) mass is 300 g/mol. The lowest BCUT2D eigenvalue weighted by molar-refractivity contribution is -0.137. The van der Waals surface area contributed by atoms with Gasteiger partial charge in [0.2, 0.25) is 0 Å². The molecule has 0 aliphatic rings. The van der Waals surface area contributed by atoms with Gasteiger partial charge in [0.15, 0.2) is 0 Å². The van der Waals surface area contributed by atoms with E-state index in [0.29, 0.717) is 15.7 Å². The third kappa shape index (κ3) is 4.07. The van der Waals surface area contributed by atoms with Crippen LogP contribution in [0.15, 0.2) is 22.7 Å². The normalized spacial score (nSPS) is 11.9. The first-order valence-corrected chi connectivity index (χ1v) is 5.77. The van der Waals surface area contributed by atoms with Gasteiger partial charge in [-0.1, -0.05) is 0 Å². The van der Waals surface area contributed by atoms with Gasteiger partial charge in [0.05, 0.1) is 6.42 Å². The summed E-state index contributed by atoms with van der Waals surface area (Å²) in [6.45, 7) is 1.64. The average molecular weight is 301 g/mol. The fourth-order valence-electron chi connectivity index (χ4n) is 1.29. The van der Waals surface area contributed by atoms with E-state index in [0.717, 1.165) is 0 Å². The molecule has 0 heterocycles. The SMILES string of the molecule is CC(CC(=O)O)NC(=O)c1ccc(N)c(Br)c1. The molecule has 6 heteroatoms. The van der Waals surface area contributed by atoms with Crippen LogP contribution in [-0.4, -0.2) is 23.0 Å². The Hall–Kier alpha value is -1.56. The van der Waals surface area contributed by atoms with Gasteiger partial charge in [0, 0.05) is 21.8 Å². The summed E-state index contributed by atoms with van der Waals surface area (Å²) in [5.74, 6) is -1.27. The molecule has 92 valence electrons. The molecule has 0 fully saturated rings. The number of carboxylic acid groups (broad SMARTS) is 1. The Morgan fingerprint density at radius 2 is 2.18 bits per heavy atom. The van der Waals surface area contributed by atoms with Crippen LogP contribution < -0.4 is 11.1 Å². The lowest BCUT2D eigenvalue weighted by Gasteiger charge is -2.12. The number of carbonyl (C=O) groups is 2. The van der Waals surface area contributed by atoms with E-state index >= 15 is 0 Å². The van der Waals surface area contributed by atoms with E-state index < -0.39 is 12.0 Å². The van der Waals surface area contributed by atoms with E-state index in [1.807, 2.05) is 0 Å². The molecule has 1 amide bonds. The summed E-state index contributed by atoms with van der Waals surface area (Å²) >= 11 is 3.22. The van der Waals surface area contributed by atoms with Crippen LogP contribution in [0.2, 0.25) is 0 Å². The van der Waals surface area contributed by atoms with Crippen LogP contribution in [0.25, 0.3) is 0 Å². The zero-order valence-electron chi connectivity index (χ0n) is 9.24. The fraction of sp³-hybridized carbons (Fsp3) is 0.273. The number of carbonyl (C=O) groups excluding carboxylic acids is 1. The van der Waals surface area contributed by atoms with Gasteiger partial charge in [-0.3, -0.25) is 9.59 Å². The summed E-state index contributed by atoms with van der Waals surface area (Å²) in [7, 11) is 0. The standard InChI is InChI=1S/C11H13BrN2O3/c1-6(4-10(15)16)14-11(17)7-2-3-9(13)8(12)5-7/h2-3,5-6H,4,13H2,1H3,(H,14,17)(H,15,16). The number of aliphatic carboxylic acids is 1. The first kappa shape index (κ1) is 13.5. The molecule has 17 heavy (non-hydrogen) atoms. The van der Waals surface area contributed by atoms with Crippen molar-refractivity contribution in [3.8, 4) is 0 Å². The maximum atomic E-state index is 11.7. The average Bonchev–Trinajstić information content (AvgIpc) is 2.20. The molecule has 1 atom stereocenters. The number of nitrogens with one attached hydrogen (secondary N) is 1. The topological polar surface area (TPSA) is 92.4 Å². The molecular formula is C11H13BrN2O3. The Morgan fingerprint density at radius 3 is 2.71 bits per heavy atom. The van der Waals surface area contributed by atoms with Gasteiger partial charge in [0.1, 0.15) is 0 Å². The van der Waals surface area contributed by atoms with Crippen molar-refractivity contribution >= 4 is 33.5 Å². The first-order chi connectivity index (χ1) is 7.90. The molecule has 0 saturated heterocycles. The van der Waals surface area contributed by atoms with Crippen molar-refractivity contribution in [2.75, 3.05) is 5.73 Å². The molecule has 1 aromatic carbocycles. The lowest BCUT2D eigenvalue weighted by Crippen LogP contribution is -2.34. The third-order valence-corrected chi connectivity index (χ3v) is 2.81. The number of nitrogen functional groups attached to an aromatic ring is 1. The quantitative estimate of drug-likeness (QED) is 0.737. The predicted molar refractivity (Wildman–Crippen MR) is 67.7 cm³/mol. The zero-order chi connectivity index (χ0) is 13.0. The van der Waals surface area contributed by atoms with Gasteiger partial charge >= 0.3 is 5.97 Å². The maximum absolute atomic E-state index is 11.7. The van der Waals surface area contributed by atoms with Crippen molar-refractivity contribution < 1.29 is 14.7 Å². The Balaban J connectivity index is 2.70. The molecule has 0 aromatic heterocycles. The zero-order valence-corrected chi connectivity index (χ0v) is 10.8. The lowest BCUT2D eigenvalue weighted by atomic mass is 10.1. The van der Waals surface area contributed by atoms with Crippen LogP contribution in [0.1, 0.15) is 23.7 Å². The molecule has 0 spiro atoms. The number of amides is 1. The van der Waals surface area contributed by atoms with Crippen molar-refractivity contribution in [3.63, 3.8) is 0 Å². The summed E-state index contributed by atoms with van der Waals surface area (Å²) in [6, 6.07) is 4.37.